The Bertz CT molecular complexity index is 549. The van der Waals surface area contributed by atoms with E-state index in [1.54, 1.807) is 6.07 Å². The molecule has 2 aromatic carbocycles. The van der Waals surface area contributed by atoms with Crippen LogP contribution in [0.1, 0.15) is 11.1 Å². The smallest absolute Gasteiger partial charge is 0.147 e. The maximum absolute atomic E-state index is 14.1. The van der Waals surface area contributed by atoms with E-state index in [1.165, 1.54) is 11.6 Å². The van der Waals surface area contributed by atoms with Gasteiger partial charge in [-0.25, -0.2) is 4.39 Å². The molecule has 0 aliphatic rings. The molecule has 0 aromatic heterocycles. The minimum atomic E-state index is -0.198. The second-order valence-corrected chi connectivity index (χ2v) is 4.67. The van der Waals surface area contributed by atoms with Crippen molar-refractivity contribution in [1.29, 1.82) is 0 Å². The summed E-state index contributed by atoms with van der Waals surface area (Å²) in [5, 5.41) is 3.07. The Hall–Kier alpha value is -1.87. The molecular formula is C16H19FN2. The zero-order chi connectivity index (χ0) is 13.8. The summed E-state index contributed by atoms with van der Waals surface area (Å²) in [5.41, 5.74) is 3.75. The molecule has 100 valence electrons. The van der Waals surface area contributed by atoms with Crippen LogP contribution < -0.4 is 10.2 Å². The molecule has 0 fully saturated rings. The molecule has 0 bridgehead atoms. The van der Waals surface area contributed by atoms with E-state index in [1.807, 2.05) is 56.3 Å². The van der Waals surface area contributed by atoms with Crippen LogP contribution in [0.25, 0.3) is 0 Å². The summed E-state index contributed by atoms with van der Waals surface area (Å²) < 4.78 is 14.1. The minimum absolute atomic E-state index is 0.198. The van der Waals surface area contributed by atoms with Gasteiger partial charge in [0.2, 0.25) is 0 Å². The fraction of sp³-hybridized carbons (Fsp3) is 0.250. The lowest BCUT2D eigenvalue weighted by atomic mass is 10.1. The van der Waals surface area contributed by atoms with Crippen LogP contribution in [-0.4, -0.2) is 14.1 Å². The fourth-order valence-electron chi connectivity index (χ4n) is 2.17. The molecule has 0 amide bonds. The van der Waals surface area contributed by atoms with Gasteiger partial charge in [-0.1, -0.05) is 29.8 Å². The summed E-state index contributed by atoms with van der Waals surface area (Å²) in [5.74, 6) is -0.198. The first kappa shape index (κ1) is 13.6. The quantitative estimate of drug-likeness (QED) is 0.901. The molecule has 1 N–H and O–H groups in total. The van der Waals surface area contributed by atoms with Crippen molar-refractivity contribution in [1.82, 2.24) is 5.32 Å². The van der Waals surface area contributed by atoms with E-state index in [0.717, 1.165) is 11.3 Å². The van der Waals surface area contributed by atoms with Crippen LogP contribution in [0.4, 0.5) is 15.8 Å². The largest absolute Gasteiger partial charge is 0.342 e. The second-order valence-electron chi connectivity index (χ2n) is 4.67. The molecule has 0 aliphatic carbocycles. The zero-order valence-corrected chi connectivity index (χ0v) is 11.6. The third-order valence-electron chi connectivity index (χ3n) is 3.19. The highest BCUT2D eigenvalue weighted by Crippen LogP contribution is 2.29. The Kier molecular flexibility index (Phi) is 4.17. The van der Waals surface area contributed by atoms with Gasteiger partial charge in [0, 0.05) is 19.3 Å². The Balaban J connectivity index is 2.42. The number of hydrogen-bond donors (Lipinski definition) is 1. The van der Waals surface area contributed by atoms with Crippen LogP contribution in [-0.2, 0) is 6.54 Å². The molecule has 2 aromatic rings. The number of benzene rings is 2. The molecule has 0 aliphatic heterocycles. The summed E-state index contributed by atoms with van der Waals surface area (Å²) in [6, 6.07) is 13.3. The molecule has 0 spiro atoms. The molecule has 2 nitrogen and oxygen atoms in total. The normalized spacial score (nSPS) is 10.5. The van der Waals surface area contributed by atoms with Gasteiger partial charge in [-0.2, -0.15) is 0 Å². The Morgan fingerprint density at radius 3 is 2.42 bits per heavy atom. The number of nitrogens with one attached hydrogen (secondary N) is 1. The van der Waals surface area contributed by atoms with E-state index in [0.29, 0.717) is 12.2 Å². The van der Waals surface area contributed by atoms with Crippen LogP contribution in [0.15, 0.2) is 42.5 Å². The van der Waals surface area contributed by atoms with E-state index >= 15 is 0 Å². The predicted octanol–water partition coefficient (Wildman–Crippen LogP) is 3.62. The standard InChI is InChI=1S/C16H19FN2/c1-12-7-9-14(10-8-12)19(3)16-13(11-18-2)5-4-6-15(16)17/h4-10,18H,11H2,1-3H3. The predicted molar refractivity (Wildman–Crippen MR) is 78.4 cm³/mol. The molecule has 0 saturated heterocycles. The average Bonchev–Trinajstić information content (AvgIpc) is 2.39. The summed E-state index contributed by atoms with van der Waals surface area (Å²) in [6.45, 7) is 2.68. The van der Waals surface area contributed by atoms with Gasteiger partial charge in [-0.05, 0) is 37.7 Å². The summed E-state index contributed by atoms with van der Waals surface area (Å²) in [6.07, 6.45) is 0. The maximum atomic E-state index is 14.1. The molecule has 0 heterocycles. The number of rotatable bonds is 4. The number of halogens is 1. The van der Waals surface area contributed by atoms with Crippen LogP contribution in [0.2, 0.25) is 0 Å². The van der Waals surface area contributed by atoms with Gasteiger partial charge in [0.25, 0.3) is 0 Å². The Labute approximate surface area is 113 Å². The number of aryl methyl sites for hydroxylation is 1. The lowest BCUT2D eigenvalue weighted by Gasteiger charge is -2.23. The van der Waals surface area contributed by atoms with Crippen molar-refractivity contribution in [3.05, 3.63) is 59.4 Å². The van der Waals surface area contributed by atoms with E-state index in [4.69, 9.17) is 0 Å². The lowest BCUT2D eigenvalue weighted by molar-refractivity contribution is 0.623. The highest BCUT2D eigenvalue weighted by molar-refractivity contribution is 5.66. The minimum Gasteiger partial charge on any atom is -0.342 e. The van der Waals surface area contributed by atoms with Crippen molar-refractivity contribution in [3.8, 4) is 0 Å². The third-order valence-corrected chi connectivity index (χ3v) is 3.19. The maximum Gasteiger partial charge on any atom is 0.147 e. The van der Waals surface area contributed by atoms with Crippen LogP contribution in [0.5, 0.6) is 0 Å². The molecule has 0 saturated carbocycles. The number of hydrogen-bond acceptors (Lipinski definition) is 2. The van der Waals surface area contributed by atoms with Crippen molar-refractivity contribution in [2.24, 2.45) is 0 Å². The van der Waals surface area contributed by atoms with Crippen molar-refractivity contribution < 1.29 is 4.39 Å². The average molecular weight is 258 g/mol. The Morgan fingerprint density at radius 1 is 1.11 bits per heavy atom. The van der Waals surface area contributed by atoms with Crippen molar-refractivity contribution in [3.63, 3.8) is 0 Å². The Morgan fingerprint density at radius 2 is 1.79 bits per heavy atom. The second kappa shape index (κ2) is 5.85. The van der Waals surface area contributed by atoms with Gasteiger partial charge < -0.3 is 10.2 Å². The van der Waals surface area contributed by atoms with E-state index in [2.05, 4.69) is 5.32 Å². The summed E-state index contributed by atoms with van der Waals surface area (Å²) in [7, 11) is 3.75. The van der Waals surface area contributed by atoms with Crippen LogP contribution in [0.3, 0.4) is 0 Å². The van der Waals surface area contributed by atoms with E-state index in [-0.39, 0.29) is 5.82 Å². The first-order chi connectivity index (χ1) is 9.13. The van der Waals surface area contributed by atoms with Gasteiger partial charge in [0.1, 0.15) is 5.82 Å². The molecule has 3 heteroatoms. The van der Waals surface area contributed by atoms with Gasteiger partial charge in [-0.3, -0.25) is 0 Å². The SMILES string of the molecule is CNCc1cccc(F)c1N(C)c1ccc(C)cc1. The molecule has 2 rings (SSSR count). The highest BCUT2D eigenvalue weighted by atomic mass is 19.1. The molecule has 0 radical (unpaired) electrons. The number of nitrogens with zero attached hydrogens (tertiary/aromatic N) is 1. The van der Waals surface area contributed by atoms with E-state index in [9.17, 15) is 4.39 Å². The first-order valence-corrected chi connectivity index (χ1v) is 6.36. The van der Waals surface area contributed by atoms with E-state index < -0.39 is 0 Å². The van der Waals surface area contributed by atoms with Crippen LogP contribution >= 0.6 is 0 Å². The summed E-state index contributed by atoms with van der Waals surface area (Å²) >= 11 is 0. The highest BCUT2D eigenvalue weighted by Gasteiger charge is 2.13. The molecule has 19 heavy (non-hydrogen) atoms. The topological polar surface area (TPSA) is 15.3 Å². The summed E-state index contributed by atoms with van der Waals surface area (Å²) in [4.78, 5) is 1.89. The monoisotopic (exact) mass is 258 g/mol. The van der Waals surface area contributed by atoms with Gasteiger partial charge in [0.15, 0.2) is 0 Å². The van der Waals surface area contributed by atoms with Crippen molar-refractivity contribution in [2.45, 2.75) is 13.5 Å². The van der Waals surface area contributed by atoms with Crippen LogP contribution in [0, 0.1) is 12.7 Å². The first-order valence-electron chi connectivity index (χ1n) is 6.36. The van der Waals surface area contributed by atoms with Crippen molar-refractivity contribution in [2.75, 3.05) is 19.0 Å². The van der Waals surface area contributed by atoms with Gasteiger partial charge >= 0.3 is 0 Å². The third kappa shape index (κ3) is 2.93. The van der Waals surface area contributed by atoms with Gasteiger partial charge in [-0.15, -0.1) is 0 Å². The number of para-hydroxylation sites is 1. The van der Waals surface area contributed by atoms with Gasteiger partial charge in [0.05, 0.1) is 5.69 Å². The zero-order valence-electron chi connectivity index (χ0n) is 11.6. The van der Waals surface area contributed by atoms with Crippen molar-refractivity contribution >= 4 is 11.4 Å². The molecular weight excluding hydrogens is 239 g/mol. The number of anilines is 2. The fourth-order valence-corrected chi connectivity index (χ4v) is 2.17. The lowest BCUT2D eigenvalue weighted by Crippen LogP contribution is -2.16. The molecule has 0 unspecified atom stereocenters. The molecule has 0 atom stereocenters.